The third-order valence-corrected chi connectivity index (χ3v) is 4.78. The first-order valence-electron chi connectivity index (χ1n) is 6.87. The lowest BCUT2D eigenvalue weighted by atomic mass is 10.2. The Balaban J connectivity index is 1.68. The molecule has 19 heavy (non-hydrogen) atoms. The lowest BCUT2D eigenvalue weighted by molar-refractivity contribution is -0.133. The largest absolute Gasteiger partial charge is 0.340 e. The number of rotatable bonds is 6. The molecular formula is C14H21BrN2OS. The zero-order valence-corrected chi connectivity index (χ0v) is 13.6. The molecule has 0 spiro atoms. The smallest absolute Gasteiger partial charge is 0.222 e. The van der Waals surface area contributed by atoms with Crippen molar-refractivity contribution in [3.05, 3.63) is 22.4 Å². The van der Waals surface area contributed by atoms with Crippen LogP contribution in [-0.4, -0.2) is 47.2 Å². The van der Waals surface area contributed by atoms with Gasteiger partial charge in [0.1, 0.15) is 0 Å². The highest BCUT2D eigenvalue weighted by Gasteiger charge is 2.20. The van der Waals surface area contributed by atoms with E-state index in [0.717, 1.165) is 50.9 Å². The first kappa shape index (κ1) is 15.0. The maximum absolute atomic E-state index is 12.0. The zero-order chi connectivity index (χ0) is 13.5. The highest BCUT2D eigenvalue weighted by molar-refractivity contribution is 9.09. The topological polar surface area (TPSA) is 23.6 Å². The average molecular weight is 345 g/mol. The van der Waals surface area contributed by atoms with Crippen molar-refractivity contribution < 1.29 is 4.79 Å². The number of alkyl halides is 1. The summed E-state index contributed by atoms with van der Waals surface area (Å²) < 4.78 is 0. The monoisotopic (exact) mass is 344 g/mol. The molecule has 106 valence electrons. The zero-order valence-electron chi connectivity index (χ0n) is 11.2. The van der Waals surface area contributed by atoms with Gasteiger partial charge < -0.3 is 4.90 Å². The van der Waals surface area contributed by atoms with Crippen LogP contribution in [0.5, 0.6) is 0 Å². The Morgan fingerprint density at radius 1 is 1.26 bits per heavy atom. The molecule has 0 saturated carbocycles. The Hall–Kier alpha value is -0.390. The summed E-state index contributed by atoms with van der Waals surface area (Å²) in [6.45, 7) is 4.80. The van der Waals surface area contributed by atoms with Crippen LogP contribution in [0.1, 0.15) is 24.8 Å². The molecule has 0 atom stereocenters. The maximum Gasteiger partial charge on any atom is 0.222 e. The second-order valence-corrected chi connectivity index (χ2v) is 6.51. The van der Waals surface area contributed by atoms with Gasteiger partial charge in [0.05, 0.1) is 0 Å². The molecule has 1 amide bonds. The molecule has 2 heterocycles. The van der Waals surface area contributed by atoms with Crippen molar-refractivity contribution >= 4 is 33.2 Å². The van der Waals surface area contributed by atoms with Crippen molar-refractivity contribution in [1.29, 1.82) is 0 Å². The van der Waals surface area contributed by atoms with E-state index >= 15 is 0 Å². The first-order valence-corrected chi connectivity index (χ1v) is 8.93. The van der Waals surface area contributed by atoms with Gasteiger partial charge in [-0.15, -0.1) is 0 Å². The van der Waals surface area contributed by atoms with Crippen LogP contribution in [0.3, 0.4) is 0 Å². The molecule has 0 unspecified atom stereocenters. The van der Waals surface area contributed by atoms with Crippen molar-refractivity contribution in [1.82, 2.24) is 9.80 Å². The van der Waals surface area contributed by atoms with E-state index in [1.165, 1.54) is 5.56 Å². The standard InChI is InChI=1S/C14H21BrN2OS/c15-5-2-1-3-14(18)17-8-6-16(7-9-17)11-13-4-10-19-12-13/h4,10,12H,1-3,5-9,11H2. The van der Waals surface area contributed by atoms with Crippen molar-refractivity contribution in [3.63, 3.8) is 0 Å². The SMILES string of the molecule is O=C(CCCCBr)N1CCN(Cc2ccsc2)CC1. The predicted octanol–water partition coefficient (Wildman–Crippen LogP) is 2.96. The van der Waals surface area contributed by atoms with E-state index in [2.05, 4.69) is 37.7 Å². The highest BCUT2D eigenvalue weighted by atomic mass is 79.9. The lowest BCUT2D eigenvalue weighted by Crippen LogP contribution is -2.48. The van der Waals surface area contributed by atoms with E-state index in [1.807, 2.05) is 4.90 Å². The number of piperazine rings is 1. The second-order valence-electron chi connectivity index (χ2n) is 4.93. The number of unbranched alkanes of at least 4 members (excludes halogenated alkanes) is 1. The highest BCUT2D eigenvalue weighted by Crippen LogP contribution is 2.12. The third-order valence-electron chi connectivity index (χ3n) is 3.49. The first-order chi connectivity index (χ1) is 9.29. The Morgan fingerprint density at radius 3 is 2.68 bits per heavy atom. The molecular weight excluding hydrogens is 324 g/mol. The van der Waals surface area contributed by atoms with Crippen LogP contribution in [0.15, 0.2) is 16.8 Å². The summed E-state index contributed by atoms with van der Waals surface area (Å²) in [7, 11) is 0. The van der Waals surface area contributed by atoms with Gasteiger partial charge in [-0.05, 0) is 35.2 Å². The lowest BCUT2D eigenvalue weighted by Gasteiger charge is -2.34. The molecule has 1 aliphatic heterocycles. The second kappa shape index (κ2) is 8.02. The van der Waals surface area contributed by atoms with Crippen LogP contribution < -0.4 is 0 Å². The van der Waals surface area contributed by atoms with E-state index in [9.17, 15) is 4.79 Å². The molecule has 2 rings (SSSR count). The normalized spacial score (nSPS) is 16.8. The molecule has 3 nitrogen and oxygen atoms in total. The summed E-state index contributed by atoms with van der Waals surface area (Å²) in [4.78, 5) is 16.5. The van der Waals surface area contributed by atoms with Gasteiger partial charge in [-0.2, -0.15) is 11.3 Å². The van der Waals surface area contributed by atoms with Crippen LogP contribution in [-0.2, 0) is 11.3 Å². The van der Waals surface area contributed by atoms with E-state index < -0.39 is 0 Å². The molecule has 0 aromatic carbocycles. The van der Waals surface area contributed by atoms with Crippen molar-refractivity contribution in [2.45, 2.75) is 25.8 Å². The van der Waals surface area contributed by atoms with Crippen molar-refractivity contribution in [2.24, 2.45) is 0 Å². The average Bonchev–Trinajstić information content (AvgIpc) is 2.93. The van der Waals surface area contributed by atoms with Gasteiger partial charge in [-0.1, -0.05) is 15.9 Å². The Labute approximate surface area is 127 Å². The van der Waals surface area contributed by atoms with E-state index in [1.54, 1.807) is 11.3 Å². The van der Waals surface area contributed by atoms with Gasteiger partial charge in [0, 0.05) is 44.5 Å². The van der Waals surface area contributed by atoms with Crippen molar-refractivity contribution in [2.75, 3.05) is 31.5 Å². The number of amides is 1. The number of thiophene rings is 1. The number of halogens is 1. The minimum absolute atomic E-state index is 0.330. The quantitative estimate of drug-likeness (QED) is 0.585. The maximum atomic E-state index is 12.0. The Bertz CT molecular complexity index is 375. The summed E-state index contributed by atoms with van der Waals surface area (Å²) in [5, 5.41) is 5.32. The van der Waals surface area contributed by atoms with Crippen LogP contribution in [0, 0.1) is 0 Å². The third kappa shape index (κ3) is 4.89. The van der Waals surface area contributed by atoms with Gasteiger partial charge in [-0.25, -0.2) is 0 Å². The molecule has 1 aromatic heterocycles. The molecule has 0 aliphatic carbocycles. The molecule has 0 N–H and O–H groups in total. The van der Waals surface area contributed by atoms with Crippen LogP contribution in [0.2, 0.25) is 0 Å². The van der Waals surface area contributed by atoms with Gasteiger partial charge in [0.25, 0.3) is 0 Å². The summed E-state index contributed by atoms with van der Waals surface area (Å²) in [6.07, 6.45) is 2.79. The number of nitrogens with zero attached hydrogens (tertiary/aromatic N) is 2. The molecule has 5 heteroatoms. The molecule has 0 bridgehead atoms. The Morgan fingerprint density at radius 2 is 2.05 bits per heavy atom. The Kier molecular flexibility index (Phi) is 6.34. The van der Waals surface area contributed by atoms with Crippen LogP contribution in [0.4, 0.5) is 0 Å². The number of hydrogen-bond donors (Lipinski definition) is 0. The molecule has 1 saturated heterocycles. The summed E-state index contributed by atoms with van der Waals surface area (Å²) in [5.74, 6) is 0.330. The van der Waals surface area contributed by atoms with E-state index in [-0.39, 0.29) is 0 Å². The van der Waals surface area contributed by atoms with Gasteiger partial charge in [0.2, 0.25) is 5.91 Å². The minimum Gasteiger partial charge on any atom is -0.340 e. The molecule has 1 aromatic rings. The van der Waals surface area contributed by atoms with Crippen LogP contribution >= 0.6 is 27.3 Å². The van der Waals surface area contributed by atoms with E-state index in [4.69, 9.17) is 0 Å². The van der Waals surface area contributed by atoms with Gasteiger partial charge in [-0.3, -0.25) is 9.69 Å². The summed E-state index contributed by atoms with van der Waals surface area (Å²) in [5.41, 5.74) is 1.39. The fourth-order valence-electron chi connectivity index (χ4n) is 2.33. The summed E-state index contributed by atoms with van der Waals surface area (Å²) in [6, 6.07) is 2.18. The fourth-order valence-corrected chi connectivity index (χ4v) is 3.38. The predicted molar refractivity (Wildman–Crippen MR) is 83.8 cm³/mol. The van der Waals surface area contributed by atoms with Gasteiger partial charge >= 0.3 is 0 Å². The number of carbonyl (C=O) groups is 1. The number of hydrogen-bond acceptors (Lipinski definition) is 3. The summed E-state index contributed by atoms with van der Waals surface area (Å²) >= 11 is 5.15. The van der Waals surface area contributed by atoms with Crippen molar-refractivity contribution in [3.8, 4) is 0 Å². The van der Waals surface area contributed by atoms with Crippen LogP contribution in [0.25, 0.3) is 0 Å². The fraction of sp³-hybridized carbons (Fsp3) is 0.643. The molecule has 1 fully saturated rings. The molecule has 0 radical (unpaired) electrons. The number of carbonyl (C=O) groups excluding carboxylic acids is 1. The van der Waals surface area contributed by atoms with Gasteiger partial charge in [0.15, 0.2) is 0 Å². The van der Waals surface area contributed by atoms with E-state index in [0.29, 0.717) is 12.3 Å². The molecule has 1 aliphatic rings. The minimum atomic E-state index is 0.330.